The first-order valence-electron chi connectivity index (χ1n) is 3.54. The van der Waals surface area contributed by atoms with Gasteiger partial charge in [-0.2, -0.15) is 0 Å². The summed E-state index contributed by atoms with van der Waals surface area (Å²) in [6.45, 7) is 1.74. The van der Waals surface area contributed by atoms with Crippen molar-refractivity contribution in [3.05, 3.63) is 0 Å². The largest absolute Gasteiger partial charge is 0.368 e. The highest BCUT2D eigenvalue weighted by atomic mass is 16.6. The predicted octanol–water partition coefficient (Wildman–Crippen LogP) is -0.277. The molecule has 0 aromatic rings. The molecule has 0 aromatic carbocycles. The summed E-state index contributed by atoms with van der Waals surface area (Å²) in [5.74, 6) is -0.295. The number of hydrogen-bond acceptors (Lipinski definition) is 3. The van der Waals surface area contributed by atoms with Gasteiger partial charge in [0.2, 0.25) is 5.91 Å². The summed E-state index contributed by atoms with van der Waals surface area (Å²) < 4.78 is 4.59. The molecule has 0 rings (SSSR count). The summed E-state index contributed by atoms with van der Waals surface area (Å²) in [4.78, 5) is 10.9. The Morgan fingerprint density at radius 2 is 2.27 bits per heavy atom. The molecule has 66 valence electrons. The quantitative estimate of drug-likeness (QED) is 0.558. The van der Waals surface area contributed by atoms with E-state index in [4.69, 9.17) is 5.11 Å². The highest BCUT2D eigenvalue weighted by Crippen LogP contribution is 2.05. The zero-order chi connectivity index (χ0) is 8.85. The van der Waals surface area contributed by atoms with Crippen LogP contribution < -0.4 is 5.32 Å². The van der Waals surface area contributed by atoms with Crippen molar-refractivity contribution in [1.29, 1.82) is 0 Å². The standard InChI is InChI=1S/C7H15NO3/c1-5(7(10)8-2)4-6(9)11-3/h5-6,9H,4H2,1-3H3,(H,8,10)/t5-,6?/m0/s1. The van der Waals surface area contributed by atoms with Crippen LogP contribution in [-0.4, -0.2) is 31.5 Å². The van der Waals surface area contributed by atoms with Gasteiger partial charge in [0.05, 0.1) is 0 Å². The molecule has 0 fully saturated rings. The van der Waals surface area contributed by atoms with Crippen LogP contribution in [0.5, 0.6) is 0 Å². The van der Waals surface area contributed by atoms with Gasteiger partial charge in [0, 0.05) is 26.5 Å². The van der Waals surface area contributed by atoms with Crippen molar-refractivity contribution in [3.63, 3.8) is 0 Å². The molecule has 1 amide bonds. The molecule has 2 atom stereocenters. The van der Waals surface area contributed by atoms with Gasteiger partial charge in [0.25, 0.3) is 0 Å². The maximum atomic E-state index is 10.9. The molecular weight excluding hydrogens is 146 g/mol. The fourth-order valence-electron chi connectivity index (χ4n) is 0.752. The van der Waals surface area contributed by atoms with Crippen molar-refractivity contribution in [2.75, 3.05) is 14.2 Å². The first-order valence-corrected chi connectivity index (χ1v) is 3.54. The van der Waals surface area contributed by atoms with Crippen molar-refractivity contribution in [2.45, 2.75) is 19.6 Å². The van der Waals surface area contributed by atoms with Gasteiger partial charge in [-0.3, -0.25) is 4.79 Å². The molecule has 11 heavy (non-hydrogen) atoms. The maximum Gasteiger partial charge on any atom is 0.222 e. The lowest BCUT2D eigenvalue weighted by molar-refractivity contribution is -0.130. The van der Waals surface area contributed by atoms with Crippen molar-refractivity contribution < 1.29 is 14.6 Å². The second-order valence-corrected chi connectivity index (χ2v) is 2.44. The smallest absolute Gasteiger partial charge is 0.222 e. The van der Waals surface area contributed by atoms with Gasteiger partial charge < -0.3 is 15.2 Å². The van der Waals surface area contributed by atoms with E-state index in [0.29, 0.717) is 6.42 Å². The Hall–Kier alpha value is -0.610. The van der Waals surface area contributed by atoms with E-state index in [1.807, 2.05) is 0 Å². The number of methoxy groups -OCH3 is 1. The Kier molecular flexibility index (Phi) is 4.81. The van der Waals surface area contributed by atoms with Crippen LogP contribution in [0.15, 0.2) is 0 Å². The van der Waals surface area contributed by atoms with Crippen molar-refractivity contribution in [1.82, 2.24) is 5.32 Å². The van der Waals surface area contributed by atoms with Crippen LogP contribution in [0.1, 0.15) is 13.3 Å². The zero-order valence-corrected chi connectivity index (χ0v) is 7.13. The molecule has 0 aromatic heterocycles. The Bertz CT molecular complexity index is 127. The number of ether oxygens (including phenoxy) is 1. The molecule has 2 N–H and O–H groups in total. The lowest BCUT2D eigenvalue weighted by Crippen LogP contribution is -2.28. The van der Waals surface area contributed by atoms with E-state index in [1.165, 1.54) is 7.11 Å². The molecule has 0 aliphatic heterocycles. The third kappa shape index (κ3) is 3.95. The van der Waals surface area contributed by atoms with Gasteiger partial charge >= 0.3 is 0 Å². The number of nitrogens with one attached hydrogen (secondary N) is 1. The second kappa shape index (κ2) is 5.09. The van der Waals surface area contributed by atoms with Crippen LogP contribution in [0.2, 0.25) is 0 Å². The number of amides is 1. The third-order valence-corrected chi connectivity index (χ3v) is 1.52. The van der Waals surface area contributed by atoms with Gasteiger partial charge in [-0.15, -0.1) is 0 Å². The molecule has 1 unspecified atom stereocenters. The maximum absolute atomic E-state index is 10.9. The van der Waals surface area contributed by atoms with Crippen LogP contribution in [0.25, 0.3) is 0 Å². The topological polar surface area (TPSA) is 58.6 Å². The molecule has 0 radical (unpaired) electrons. The lowest BCUT2D eigenvalue weighted by atomic mass is 10.1. The van der Waals surface area contributed by atoms with Crippen LogP contribution >= 0.6 is 0 Å². The minimum atomic E-state index is -0.845. The fourth-order valence-corrected chi connectivity index (χ4v) is 0.752. The molecule has 0 saturated heterocycles. The second-order valence-electron chi connectivity index (χ2n) is 2.44. The van der Waals surface area contributed by atoms with Crippen molar-refractivity contribution in [2.24, 2.45) is 5.92 Å². The Labute approximate surface area is 66.5 Å². The normalized spacial score (nSPS) is 15.6. The first kappa shape index (κ1) is 10.4. The summed E-state index contributed by atoms with van der Waals surface area (Å²) in [7, 11) is 2.97. The number of aliphatic hydroxyl groups excluding tert-OH is 1. The van der Waals surface area contributed by atoms with Crippen molar-refractivity contribution >= 4 is 5.91 Å². The number of carbonyl (C=O) groups excluding carboxylic acids is 1. The first-order chi connectivity index (χ1) is 5.11. The minimum Gasteiger partial charge on any atom is -0.368 e. The highest BCUT2D eigenvalue weighted by molar-refractivity contribution is 5.77. The molecule has 0 bridgehead atoms. The number of aliphatic hydroxyl groups is 1. The van der Waals surface area contributed by atoms with E-state index in [-0.39, 0.29) is 11.8 Å². The third-order valence-electron chi connectivity index (χ3n) is 1.52. The Morgan fingerprint density at radius 1 is 1.73 bits per heavy atom. The van der Waals surface area contributed by atoms with Crippen LogP contribution in [0.3, 0.4) is 0 Å². The van der Waals surface area contributed by atoms with Gasteiger partial charge in [-0.1, -0.05) is 6.92 Å². The zero-order valence-electron chi connectivity index (χ0n) is 7.13. The molecule has 4 nitrogen and oxygen atoms in total. The molecule has 0 saturated carbocycles. The summed E-state index contributed by atoms with van der Waals surface area (Å²) >= 11 is 0. The number of carbonyl (C=O) groups is 1. The van der Waals surface area contributed by atoms with Crippen molar-refractivity contribution in [3.8, 4) is 0 Å². The van der Waals surface area contributed by atoms with E-state index in [2.05, 4.69) is 10.1 Å². The monoisotopic (exact) mass is 161 g/mol. The summed E-state index contributed by atoms with van der Waals surface area (Å²) in [6, 6.07) is 0. The average molecular weight is 161 g/mol. The van der Waals surface area contributed by atoms with E-state index in [1.54, 1.807) is 14.0 Å². The van der Waals surface area contributed by atoms with E-state index in [0.717, 1.165) is 0 Å². The van der Waals surface area contributed by atoms with Crippen LogP contribution in [0, 0.1) is 5.92 Å². The van der Waals surface area contributed by atoms with E-state index in [9.17, 15) is 4.79 Å². The molecule has 0 aliphatic rings. The lowest BCUT2D eigenvalue weighted by Gasteiger charge is -2.13. The molecule has 0 heterocycles. The fraction of sp³-hybridized carbons (Fsp3) is 0.857. The van der Waals surface area contributed by atoms with Gasteiger partial charge in [-0.25, -0.2) is 0 Å². The van der Waals surface area contributed by atoms with Crippen LogP contribution in [0.4, 0.5) is 0 Å². The van der Waals surface area contributed by atoms with E-state index >= 15 is 0 Å². The summed E-state index contributed by atoms with van der Waals surface area (Å²) in [5.41, 5.74) is 0. The van der Waals surface area contributed by atoms with Crippen LogP contribution in [-0.2, 0) is 9.53 Å². The number of hydrogen-bond donors (Lipinski definition) is 2. The molecule has 0 spiro atoms. The molecule has 4 heteroatoms. The number of rotatable bonds is 4. The highest BCUT2D eigenvalue weighted by Gasteiger charge is 2.15. The predicted molar refractivity (Wildman–Crippen MR) is 40.9 cm³/mol. The van der Waals surface area contributed by atoms with E-state index < -0.39 is 6.29 Å². The summed E-state index contributed by atoms with van der Waals surface area (Å²) in [6.07, 6.45) is -0.516. The van der Waals surface area contributed by atoms with Gasteiger partial charge in [0.15, 0.2) is 6.29 Å². The molecule has 0 aliphatic carbocycles. The molecular formula is C7H15NO3. The summed E-state index contributed by atoms with van der Waals surface area (Å²) in [5, 5.41) is 11.5. The SMILES string of the molecule is CNC(=O)[C@@H](C)CC(O)OC. The minimum absolute atomic E-state index is 0.0823. The average Bonchev–Trinajstić information content (AvgIpc) is 2.02. The van der Waals surface area contributed by atoms with Gasteiger partial charge in [0.1, 0.15) is 0 Å². The van der Waals surface area contributed by atoms with Gasteiger partial charge in [-0.05, 0) is 0 Å². The Balaban J connectivity index is 3.67. The Morgan fingerprint density at radius 3 is 2.64 bits per heavy atom.